The molecule has 1 amide bonds. The molecule has 134 valence electrons. The maximum atomic E-state index is 12.4. The molecule has 0 aromatic heterocycles. The number of carbonyl (C=O) groups excluding carboxylic acids is 1. The zero-order valence-corrected chi connectivity index (χ0v) is 14.5. The molecule has 0 aliphatic carbocycles. The lowest BCUT2D eigenvalue weighted by molar-refractivity contribution is 0.0960. The van der Waals surface area contributed by atoms with Crippen molar-refractivity contribution in [3.8, 4) is 29.1 Å². The van der Waals surface area contributed by atoms with Crippen molar-refractivity contribution in [2.75, 3.05) is 19.9 Å². The number of hydrogen-bond donors (Lipinski definition) is 1. The SMILES string of the molecule is O=C(NCC#CCOc1ccc2c(c1)OCO2)c1cccc2ccccc12. The number of ether oxygens (including phenoxy) is 3. The van der Waals surface area contributed by atoms with Crippen LogP contribution in [0.3, 0.4) is 0 Å². The first-order valence-electron chi connectivity index (χ1n) is 8.55. The van der Waals surface area contributed by atoms with Crippen LogP contribution in [0.4, 0.5) is 0 Å². The molecule has 1 heterocycles. The van der Waals surface area contributed by atoms with E-state index in [2.05, 4.69) is 17.2 Å². The topological polar surface area (TPSA) is 56.8 Å². The van der Waals surface area contributed by atoms with Gasteiger partial charge in [0.2, 0.25) is 6.79 Å². The van der Waals surface area contributed by atoms with Crippen molar-refractivity contribution in [3.05, 3.63) is 66.2 Å². The van der Waals surface area contributed by atoms with Gasteiger partial charge in [-0.05, 0) is 29.0 Å². The third-order valence-electron chi connectivity index (χ3n) is 4.15. The third kappa shape index (κ3) is 3.80. The summed E-state index contributed by atoms with van der Waals surface area (Å²) < 4.78 is 16.1. The van der Waals surface area contributed by atoms with Gasteiger partial charge in [0.15, 0.2) is 11.5 Å². The van der Waals surface area contributed by atoms with Gasteiger partial charge >= 0.3 is 0 Å². The van der Waals surface area contributed by atoms with E-state index in [1.165, 1.54) is 0 Å². The highest BCUT2D eigenvalue weighted by Crippen LogP contribution is 2.34. The van der Waals surface area contributed by atoms with E-state index in [1.807, 2.05) is 42.5 Å². The minimum atomic E-state index is -0.141. The standard InChI is InChI=1S/C22H17NO4/c24-22(19-9-5-7-16-6-1-2-8-18(16)19)23-12-3-4-13-25-17-10-11-20-21(14-17)27-15-26-20/h1-2,5-11,14H,12-13,15H2,(H,23,24). The molecule has 3 aromatic rings. The average Bonchev–Trinajstić information content (AvgIpc) is 3.18. The van der Waals surface area contributed by atoms with Crippen LogP contribution >= 0.6 is 0 Å². The highest BCUT2D eigenvalue weighted by Gasteiger charge is 2.13. The van der Waals surface area contributed by atoms with Gasteiger partial charge in [0, 0.05) is 11.6 Å². The Bertz CT molecular complexity index is 1040. The Hall–Kier alpha value is -3.65. The number of nitrogens with one attached hydrogen (secondary N) is 1. The normalized spacial score (nSPS) is 11.6. The Morgan fingerprint density at radius 2 is 1.85 bits per heavy atom. The van der Waals surface area contributed by atoms with E-state index in [0.29, 0.717) is 22.8 Å². The van der Waals surface area contributed by atoms with Crippen LogP contribution in [0.1, 0.15) is 10.4 Å². The summed E-state index contributed by atoms with van der Waals surface area (Å²) in [6.45, 7) is 0.714. The Balaban J connectivity index is 1.29. The van der Waals surface area contributed by atoms with Gasteiger partial charge in [0.25, 0.3) is 5.91 Å². The van der Waals surface area contributed by atoms with Crippen LogP contribution in [-0.2, 0) is 0 Å². The lowest BCUT2D eigenvalue weighted by Crippen LogP contribution is -2.23. The zero-order valence-electron chi connectivity index (χ0n) is 14.5. The number of rotatable bonds is 4. The predicted molar refractivity (Wildman–Crippen MR) is 102 cm³/mol. The highest BCUT2D eigenvalue weighted by atomic mass is 16.7. The first-order valence-corrected chi connectivity index (χ1v) is 8.55. The second kappa shape index (κ2) is 7.71. The molecule has 1 N–H and O–H groups in total. The molecule has 0 atom stereocenters. The summed E-state index contributed by atoms with van der Waals surface area (Å²) in [6.07, 6.45) is 0. The van der Waals surface area contributed by atoms with Crippen molar-refractivity contribution in [1.82, 2.24) is 5.32 Å². The van der Waals surface area contributed by atoms with Gasteiger partial charge in [-0.25, -0.2) is 0 Å². The lowest BCUT2D eigenvalue weighted by Gasteiger charge is -2.06. The maximum absolute atomic E-state index is 12.4. The second-order valence-electron chi connectivity index (χ2n) is 5.87. The fourth-order valence-electron chi connectivity index (χ4n) is 2.84. The van der Waals surface area contributed by atoms with Crippen molar-refractivity contribution >= 4 is 16.7 Å². The molecular weight excluding hydrogens is 342 g/mol. The molecule has 0 spiro atoms. The monoisotopic (exact) mass is 359 g/mol. The Kier molecular flexibility index (Phi) is 4.80. The Morgan fingerprint density at radius 1 is 1.00 bits per heavy atom. The van der Waals surface area contributed by atoms with E-state index in [-0.39, 0.29) is 25.9 Å². The van der Waals surface area contributed by atoms with Crippen LogP contribution < -0.4 is 19.5 Å². The maximum Gasteiger partial charge on any atom is 0.252 e. The summed E-state index contributed by atoms with van der Waals surface area (Å²) in [5.74, 6) is 7.68. The van der Waals surface area contributed by atoms with Crippen molar-refractivity contribution in [1.29, 1.82) is 0 Å². The van der Waals surface area contributed by atoms with Gasteiger partial charge < -0.3 is 19.5 Å². The minimum Gasteiger partial charge on any atom is -0.481 e. The van der Waals surface area contributed by atoms with Crippen molar-refractivity contribution in [2.45, 2.75) is 0 Å². The number of amides is 1. The first kappa shape index (κ1) is 16.8. The Morgan fingerprint density at radius 3 is 2.81 bits per heavy atom. The fraction of sp³-hybridized carbons (Fsp3) is 0.136. The van der Waals surface area contributed by atoms with Crippen LogP contribution in [0.2, 0.25) is 0 Å². The fourth-order valence-corrected chi connectivity index (χ4v) is 2.84. The minimum absolute atomic E-state index is 0.141. The Labute approximate surface area is 156 Å². The second-order valence-corrected chi connectivity index (χ2v) is 5.87. The summed E-state index contributed by atoms with van der Waals surface area (Å²) in [6, 6.07) is 18.9. The van der Waals surface area contributed by atoms with Crippen molar-refractivity contribution in [3.63, 3.8) is 0 Å². The lowest BCUT2D eigenvalue weighted by atomic mass is 10.0. The molecule has 0 saturated heterocycles. The smallest absolute Gasteiger partial charge is 0.252 e. The van der Waals surface area contributed by atoms with E-state index < -0.39 is 0 Å². The molecule has 0 saturated carbocycles. The summed E-state index contributed by atoms with van der Waals surface area (Å²) >= 11 is 0. The van der Waals surface area contributed by atoms with Crippen LogP contribution in [0.15, 0.2) is 60.7 Å². The molecule has 0 fully saturated rings. The van der Waals surface area contributed by atoms with Crippen molar-refractivity contribution < 1.29 is 19.0 Å². The van der Waals surface area contributed by atoms with Crippen LogP contribution in [0.5, 0.6) is 17.2 Å². The summed E-state index contributed by atoms with van der Waals surface area (Å²) in [4.78, 5) is 12.4. The molecule has 5 nitrogen and oxygen atoms in total. The third-order valence-corrected chi connectivity index (χ3v) is 4.15. The summed E-state index contributed by atoms with van der Waals surface area (Å²) in [7, 11) is 0. The van der Waals surface area contributed by atoms with E-state index in [0.717, 1.165) is 10.8 Å². The zero-order chi connectivity index (χ0) is 18.5. The van der Waals surface area contributed by atoms with Crippen LogP contribution in [0.25, 0.3) is 10.8 Å². The molecule has 0 unspecified atom stereocenters. The molecule has 4 rings (SSSR count). The quantitative estimate of drug-likeness (QED) is 0.726. The molecule has 0 bridgehead atoms. The van der Waals surface area contributed by atoms with Gasteiger partial charge in [-0.15, -0.1) is 0 Å². The van der Waals surface area contributed by atoms with Gasteiger partial charge in [-0.3, -0.25) is 4.79 Å². The number of fused-ring (bicyclic) bond motifs is 2. The molecule has 27 heavy (non-hydrogen) atoms. The first-order chi connectivity index (χ1) is 13.3. The molecule has 0 radical (unpaired) electrons. The van der Waals surface area contributed by atoms with Gasteiger partial charge in [0.05, 0.1) is 6.54 Å². The summed E-state index contributed by atoms with van der Waals surface area (Å²) in [5, 5.41) is 4.78. The average molecular weight is 359 g/mol. The molecule has 1 aliphatic heterocycles. The predicted octanol–water partition coefficient (Wildman–Crippen LogP) is 3.38. The van der Waals surface area contributed by atoms with Crippen LogP contribution in [0, 0.1) is 11.8 Å². The van der Waals surface area contributed by atoms with E-state index in [1.54, 1.807) is 18.2 Å². The van der Waals surface area contributed by atoms with Gasteiger partial charge in [0.1, 0.15) is 12.4 Å². The number of carbonyl (C=O) groups is 1. The van der Waals surface area contributed by atoms with E-state index >= 15 is 0 Å². The number of hydrogen-bond acceptors (Lipinski definition) is 4. The summed E-state index contributed by atoms with van der Waals surface area (Å²) in [5.41, 5.74) is 0.645. The van der Waals surface area contributed by atoms with Crippen molar-refractivity contribution in [2.24, 2.45) is 0 Å². The number of benzene rings is 3. The van der Waals surface area contributed by atoms with E-state index in [4.69, 9.17) is 14.2 Å². The molecule has 3 aromatic carbocycles. The highest BCUT2D eigenvalue weighted by molar-refractivity contribution is 6.07. The molecule has 5 heteroatoms. The molecular formula is C22H17NO4. The molecule has 1 aliphatic rings. The van der Waals surface area contributed by atoms with E-state index in [9.17, 15) is 4.79 Å². The van der Waals surface area contributed by atoms with Crippen LogP contribution in [-0.4, -0.2) is 25.9 Å². The largest absolute Gasteiger partial charge is 0.481 e. The van der Waals surface area contributed by atoms with Gasteiger partial charge in [-0.2, -0.15) is 0 Å². The van der Waals surface area contributed by atoms with Gasteiger partial charge in [-0.1, -0.05) is 48.2 Å².